The van der Waals surface area contributed by atoms with E-state index in [1.165, 1.54) is 42.4 Å². The van der Waals surface area contributed by atoms with E-state index in [0.29, 0.717) is 39.1 Å². The Morgan fingerprint density at radius 3 is 2.47 bits per heavy atom. The van der Waals surface area contributed by atoms with Crippen molar-refractivity contribution < 1.29 is 18.3 Å². The lowest BCUT2D eigenvalue weighted by Crippen LogP contribution is -2.39. The third-order valence-electron chi connectivity index (χ3n) is 5.08. The van der Waals surface area contributed by atoms with Gasteiger partial charge < -0.3 is 16.2 Å². The maximum absolute atomic E-state index is 13.0. The molecule has 1 aromatic carbocycles. The van der Waals surface area contributed by atoms with Gasteiger partial charge in [0, 0.05) is 18.2 Å². The molecule has 3 rings (SSSR count). The van der Waals surface area contributed by atoms with Gasteiger partial charge in [-0.1, -0.05) is 36.0 Å². The number of nitrogens with two attached hydrogens (primary N) is 1. The Morgan fingerprint density at radius 2 is 1.90 bits per heavy atom. The number of alkyl halides is 3. The first-order chi connectivity index (χ1) is 13.9. The highest BCUT2D eigenvalue weighted by Crippen LogP contribution is 2.44. The summed E-state index contributed by atoms with van der Waals surface area (Å²) in [5, 5.41) is 21.5. The molecule has 0 amide bonds. The van der Waals surface area contributed by atoms with Gasteiger partial charge >= 0.3 is 6.18 Å². The summed E-state index contributed by atoms with van der Waals surface area (Å²) in [6.45, 7) is 4.75. The third-order valence-corrected chi connectivity index (χ3v) is 6.08. The van der Waals surface area contributed by atoms with Crippen molar-refractivity contribution in [3.05, 3.63) is 53.0 Å². The number of rotatable bonds is 5. The van der Waals surface area contributed by atoms with Gasteiger partial charge in [-0.25, -0.2) is 9.97 Å². The summed E-state index contributed by atoms with van der Waals surface area (Å²) >= 11 is 1.24. The number of aliphatic hydroxyl groups is 1. The minimum absolute atomic E-state index is 0.217. The normalized spacial score (nSPS) is 18.6. The van der Waals surface area contributed by atoms with Crippen LogP contribution in [0.3, 0.4) is 0 Å². The second kappa shape index (κ2) is 8.01. The van der Waals surface area contributed by atoms with Crippen LogP contribution in [0.1, 0.15) is 37.6 Å². The van der Waals surface area contributed by atoms with E-state index < -0.39 is 11.8 Å². The van der Waals surface area contributed by atoms with Crippen molar-refractivity contribution in [1.82, 2.24) is 9.97 Å². The van der Waals surface area contributed by atoms with Crippen LogP contribution in [0.25, 0.3) is 5.57 Å². The van der Waals surface area contributed by atoms with Crippen molar-refractivity contribution in [3.8, 4) is 0 Å². The number of hydrogen-bond donors (Lipinski definition) is 4. The maximum Gasteiger partial charge on any atom is 0.421 e. The van der Waals surface area contributed by atoms with Crippen molar-refractivity contribution >= 4 is 28.2 Å². The summed E-state index contributed by atoms with van der Waals surface area (Å²) in [5.41, 5.74) is 5.75. The third kappa shape index (κ3) is 4.07. The topological polar surface area (TPSA) is 108 Å². The van der Waals surface area contributed by atoms with Crippen molar-refractivity contribution in [3.63, 3.8) is 0 Å². The Balaban J connectivity index is 1.81. The summed E-state index contributed by atoms with van der Waals surface area (Å²) in [7, 11) is 0. The average Bonchev–Trinajstić information content (AvgIpc) is 3.01. The number of anilines is 1. The molecule has 1 aromatic heterocycles. The molecule has 0 radical (unpaired) electrons. The highest BCUT2D eigenvalue weighted by atomic mass is 32.2. The van der Waals surface area contributed by atoms with Crippen molar-refractivity contribution in [1.29, 1.82) is 5.41 Å². The largest absolute Gasteiger partial charge is 0.421 e. The minimum atomic E-state index is -4.76. The maximum atomic E-state index is 13.0. The fourth-order valence-corrected chi connectivity index (χ4v) is 3.96. The Hall–Kier alpha value is -2.43. The molecule has 0 fully saturated rings. The molecular weight excluding hydrogens is 415 g/mol. The smallest absolute Gasteiger partial charge is 0.376 e. The molecule has 0 aliphatic carbocycles. The van der Waals surface area contributed by atoms with Gasteiger partial charge in [0.1, 0.15) is 17.2 Å². The van der Waals surface area contributed by atoms with E-state index in [4.69, 9.17) is 11.1 Å². The number of aromatic nitrogens is 2. The van der Waals surface area contributed by atoms with Gasteiger partial charge in [0.05, 0.1) is 10.6 Å². The molecule has 2 unspecified atom stereocenters. The molecule has 30 heavy (non-hydrogen) atoms. The zero-order valence-corrected chi connectivity index (χ0v) is 17.4. The van der Waals surface area contributed by atoms with Crippen LogP contribution in [-0.4, -0.2) is 32.3 Å². The van der Waals surface area contributed by atoms with Crippen LogP contribution in [0.4, 0.5) is 19.0 Å². The summed E-state index contributed by atoms with van der Waals surface area (Å²) in [4.78, 5) is 9.27. The first-order valence-electron chi connectivity index (χ1n) is 9.14. The number of halogens is 3. The molecule has 2 atom stereocenters. The lowest BCUT2D eigenvalue weighted by molar-refractivity contribution is -0.258. The van der Waals surface area contributed by atoms with E-state index in [0.717, 1.165) is 12.5 Å². The van der Waals surface area contributed by atoms with Gasteiger partial charge in [-0.05, 0) is 37.5 Å². The van der Waals surface area contributed by atoms with E-state index >= 15 is 0 Å². The second-order valence-electron chi connectivity index (χ2n) is 7.30. The average molecular weight is 437 g/mol. The highest BCUT2D eigenvalue weighted by Gasteiger charge is 2.51. The second-order valence-corrected chi connectivity index (χ2v) is 8.32. The van der Waals surface area contributed by atoms with Crippen LogP contribution in [0.2, 0.25) is 0 Å². The summed E-state index contributed by atoms with van der Waals surface area (Å²) in [6.07, 6.45) is -3.36. The van der Waals surface area contributed by atoms with Crippen LogP contribution < -0.4 is 11.1 Å². The highest BCUT2D eigenvalue weighted by molar-refractivity contribution is 8.15. The number of nitrogens with one attached hydrogen (secondary N) is 2. The van der Waals surface area contributed by atoms with E-state index in [-0.39, 0.29) is 11.6 Å². The van der Waals surface area contributed by atoms with Gasteiger partial charge in [-0.15, -0.1) is 0 Å². The standard InChI is InChI=1S/C20H22F3N5OS/c1-10(11(2)24)14-15-16(30-17(14)25)18(28-9-27-15)26-8-12-4-6-13(7-5-12)19(3,29)20(21,22)23/h4-7,9,11,25,29H,8,24H2,1-3H3,(H,26,27,28)/b14-10-,25-17?. The molecule has 0 saturated heterocycles. The summed E-state index contributed by atoms with van der Waals surface area (Å²) in [6, 6.07) is 5.33. The molecular formula is C20H22F3N5OS. The number of nitrogens with zero attached hydrogens (tertiary/aromatic N) is 2. The Morgan fingerprint density at radius 1 is 1.27 bits per heavy atom. The molecule has 1 aliphatic rings. The zero-order chi connectivity index (χ0) is 22.3. The fraction of sp³-hybridized carbons (Fsp3) is 0.350. The molecule has 5 N–H and O–H groups in total. The molecule has 2 heterocycles. The minimum Gasteiger partial charge on any atom is -0.376 e. The Labute approximate surface area is 176 Å². The van der Waals surface area contributed by atoms with E-state index in [9.17, 15) is 18.3 Å². The first-order valence-corrected chi connectivity index (χ1v) is 9.96. The summed E-state index contributed by atoms with van der Waals surface area (Å²) in [5.74, 6) is 0.536. The van der Waals surface area contributed by atoms with Crippen molar-refractivity contribution in [2.24, 2.45) is 5.73 Å². The SMILES string of the molecule is C/C(=C1/C(=N)Sc2c(NCc3ccc(C(C)(O)C(F)(F)F)cc3)ncnc21)C(C)N. The molecule has 0 saturated carbocycles. The number of hydrogen-bond acceptors (Lipinski definition) is 7. The lowest BCUT2D eigenvalue weighted by Gasteiger charge is -2.26. The predicted molar refractivity (Wildman–Crippen MR) is 111 cm³/mol. The van der Waals surface area contributed by atoms with E-state index in [1.807, 2.05) is 13.8 Å². The number of fused-ring (bicyclic) bond motifs is 1. The molecule has 10 heteroatoms. The van der Waals surface area contributed by atoms with Crippen LogP contribution >= 0.6 is 11.8 Å². The fourth-order valence-electron chi connectivity index (χ4n) is 2.93. The molecule has 160 valence electrons. The van der Waals surface area contributed by atoms with Gasteiger partial charge in [-0.3, -0.25) is 5.41 Å². The lowest BCUT2D eigenvalue weighted by atomic mass is 9.94. The number of benzene rings is 1. The number of thioether (sulfide) groups is 1. The molecule has 1 aliphatic heterocycles. The Bertz CT molecular complexity index is 1000. The molecule has 0 bridgehead atoms. The van der Waals surface area contributed by atoms with E-state index in [2.05, 4.69) is 15.3 Å². The van der Waals surface area contributed by atoms with Crippen LogP contribution in [-0.2, 0) is 12.1 Å². The van der Waals surface area contributed by atoms with Crippen LogP contribution in [0, 0.1) is 5.41 Å². The van der Waals surface area contributed by atoms with Crippen LogP contribution in [0.15, 0.2) is 41.1 Å². The molecule has 2 aromatic rings. The van der Waals surface area contributed by atoms with Gasteiger partial charge in [-0.2, -0.15) is 13.2 Å². The van der Waals surface area contributed by atoms with Gasteiger partial charge in [0.2, 0.25) is 0 Å². The van der Waals surface area contributed by atoms with Crippen molar-refractivity contribution in [2.75, 3.05) is 5.32 Å². The van der Waals surface area contributed by atoms with Gasteiger partial charge in [0.15, 0.2) is 5.60 Å². The monoisotopic (exact) mass is 437 g/mol. The molecule has 6 nitrogen and oxygen atoms in total. The van der Waals surface area contributed by atoms with E-state index in [1.54, 1.807) is 0 Å². The summed E-state index contributed by atoms with van der Waals surface area (Å²) < 4.78 is 38.9. The Kier molecular flexibility index (Phi) is 5.94. The van der Waals surface area contributed by atoms with Crippen molar-refractivity contribution in [2.45, 2.75) is 50.0 Å². The predicted octanol–water partition coefficient (Wildman–Crippen LogP) is 4.06. The molecule has 0 spiro atoms. The van der Waals surface area contributed by atoms with Crippen LogP contribution in [0.5, 0.6) is 0 Å². The first kappa shape index (κ1) is 22.3. The quantitative estimate of drug-likeness (QED) is 0.562. The van der Waals surface area contributed by atoms with Gasteiger partial charge in [0.25, 0.3) is 0 Å². The zero-order valence-electron chi connectivity index (χ0n) is 16.6.